The molecule has 5 rings (SSSR count). The van der Waals surface area contributed by atoms with Crippen LogP contribution in [0.2, 0.25) is 10.0 Å². The number of furan rings is 1. The molecule has 3 N–H and O–H groups in total. The van der Waals surface area contributed by atoms with Crippen molar-refractivity contribution >= 4 is 68.2 Å². The Morgan fingerprint density at radius 1 is 0.971 bits per heavy atom. The Hall–Kier alpha value is -3.04. The van der Waals surface area contributed by atoms with Gasteiger partial charge in [-0.05, 0) is 54.6 Å². The Bertz CT molecular complexity index is 1460. The average Bonchev–Trinajstić information content (AvgIpc) is 3.54. The van der Waals surface area contributed by atoms with E-state index in [9.17, 15) is 0 Å². The van der Waals surface area contributed by atoms with E-state index in [1.807, 2.05) is 61.9 Å². The summed E-state index contributed by atoms with van der Waals surface area (Å²) in [7, 11) is 4.02. The summed E-state index contributed by atoms with van der Waals surface area (Å²) in [6.45, 7) is 0. The van der Waals surface area contributed by atoms with Gasteiger partial charge in [0.2, 0.25) is 0 Å². The predicted octanol–water partition coefficient (Wildman–Crippen LogP) is 7.89. The van der Waals surface area contributed by atoms with Gasteiger partial charge in [0.1, 0.15) is 27.2 Å². The second-order valence-corrected chi connectivity index (χ2v) is 10.3. The van der Waals surface area contributed by atoms with Crippen LogP contribution in [0.25, 0.3) is 32.7 Å². The second kappa shape index (κ2) is 9.31. The standard InChI is InChI=1S/C24H19Cl2N5OS2/c1-31(2)15-6-4-14(5-7-15)28-24-30-22(27)21(34-24)23-29-18(12-33-23)20-10-9-19(32-20)16-8-3-13(25)11-17(16)26/h3-12H,27H2,1-2H3,(H,28,30). The number of hydrogen-bond acceptors (Lipinski definition) is 8. The number of nitrogens with two attached hydrogens (primary N) is 1. The van der Waals surface area contributed by atoms with Gasteiger partial charge in [0.15, 0.2) is 10.9 Å². The first-order valence-corrected chi connectivity index (χ1v) is 12.6. The normalized spacial score (nSPS) is 11.1. The molecular formula is C24H19Cl2N5OS2. The van der Waals surface area contributed by atoms with Crippen LogP contribution in [-0.4, -0.2) is 24.1 Å². The number of aromatic nitrogens is 2. The van der Waals surface area contributed by atoms with E-state index in [2.05, 4.69) is 15.2 Å². The molecule has 0 amide bonds. The van der Waals surface area contributed by atoms with Crippen molar-refractivity contribution < 1.29 is 4.42 Å². The van der Waals surface area contributed by atoms with E-state index in [-0.39, 0.29) is 0 Å². The van der Waals surface area contributed by atoms with Crippen LogP contribution in [0.4, 0.5) is 22.3 Å². The summed E-state index contributed by atoms with van der Waals surface area (Å²) in [4.78, 5) is 12.1. The lowest BCUT2D eigenvalue weighted by atomic mass is 10.2. The number of nitrogen functional groups attached to an aromatic ring is 1. The zero-order valence-corrected chi connectivity index (χ0v) is 21.3. The minimum Gasteiger partial charge on any atom is -0.454 e. The van der Waals surface area contributed by atoms with Gasteiger partial charge in [-0.3, -0.25) is 0 Å². The summed E-state index contributed by atoms with van der Waals surface area (Å²) in [5.74, 6) is 1.73. The molecule has 0 fully saturated rings. The van der Waals surface area contributed by atoms with Crippen molar-refractivity contribution in [1.82, 2.24) is 9.97 Å². The first kappa shape index (κ1) is 22.7. The van der Waals surface area contributed by atoms with Crippen molar-refractivity contribution in [2.24, 2.45) is 0 Å². The van der Waals surface area contributed by atoms with Gasteiger partial charge in [0.05, 0.1) is 5.02 Å². The molecule has 3 heterocycles. The van der Waals surface area contributed by atoms with E-state index >= 15 is 0 Å². The first-order chi connectivity index (χ1) is 16.4. The van der Waals surface area contributed by atoms with E-state index in [0.29, 0.717) is 32.5 Å². The molecule has 0 aliphatic carbocycles. The largest absolute Gasteiger partial charge is 0.454 e. The summed E-state index contributed by atoms with van der Waals surface area (Å²) in [5, 5.41) is 7.85. The number of rotatable bonds is 6. The minimum atomic E-state index is 0.436. The fourth-order valence-electron chi connectivity index (χ4n) is 3.31. The minimum absolute atomic E-state index is 0.436. The highest BCUT2D eigenvalue weighted by Crippen LogP contribution is 2.40. The van der Waals surface area contributed by atoms with Gasteiger partial charge in [0, 0.05) is 41.4 Å². The fraction of sp³-hybridized carbons (Fsp3) is 0.0833. The van der Waals surface area contributed by atoms with Crippen LogP contribution in [0.15, 0.2) is 64.4 Å². The Labute approximate surface area is 214 Å². The fourth-order valence-corrected chi connectivity index (χ4v) is 5.62. The lowest BCUT2D eigenvalue weighted by Crippen LogP contribution is -2.08. The smallest absolute Gasteiger partial charge is 0.189 e. The molecule has 0 atom stereocenters. The zero-order chi connectivity index (χ0) is 23.8. The lowest BCUT2D eigenvalue weighted by molar-refractivity contribution is 0.595. The Morgan fingerprint density at radius 2 is 1.74 bits per heavy atom. The molecule has 0 aliphatic rings. The van der Waals surface area contributed by atoms with Crippen LogP contribution in [-0.2, 0) is 0 Å². The maximum absolute atomic E-state index is 6.32. The van der Waals surface area contributed by atoms with Crippen molar-refractivity contribution in [2.75, 3.05) is 30.0 Å². The monoisotopic (exact) mass is 527 g/mol. The van der Waals surface area contributed by atoms with Crippen molar-refractivity contribution in [3.05, 3.63) is 70.0 Å². The number of thiazole rings is 2. The zero-order valence-electron chi connectivity index (χ0n) is 18.2. The third-order valence-electron chi connectivity index (χ3n) is 5.04. The van der Waals surface area contributed by atoms with Crippen LogP contribution < -0.4 is 16.0 Å². The van der Waals surface area contributed by atoms with E-state index < -0.39 is 0 Å². The molecule has 172 valence electrons. The van der Waals surface area contributed by atoms with E-state index in [0.717, 1.165) is 32.5 Å². The maximum atomic E-state index is 6.32. The molecular weight excluding hydrogens is 509 g/mol. The molecule has 2 aromatic carbocycles. The van der Waals surface area contributed by atoms with Gasteiger partial charge in [-0.15, -0.1) is 11.3 Å². The number of nitrogens with zero attached hydrogens (tertiary/aromatic N) is 3. The number of nitrogens with one attached hydrogen (secondary N) is 1. The summed E-state index contributed by atoms with van der Waals surface area (Å²) >= 11 is 15.3. The molecule has 5 aromatic rings. The van der Waals surface area contributed by atoms with Crippen LogP contribution in [0, 0.1) is 0 Å². The van der Waals surface area contributed by atoms with Crippen molar-refractivity contribution in [3.63, 3.8) is 0 Å². The molecule has 0 aliphatic heterocycles. The lowest BCUT2D eigenvalue weighted by Gasteiger charge is -2.12. The highest BCUT2D eigenvalue weighted by Gasteiger charge is 2.17. The third kappa shape index (κ3) is 4.63. The summed E-state index contributed by atoms with van der Waals surface area (Å²) in [6, 6.07) is 17.2. The number of hydrogen-bond donors (Lipinski definition) is 2. The molecule has 34 heavy (non-hydrogen) atoms. The number of anilines is 4. The van der Waals surface area contributed by atoms with Crippen LogP contribution in [0.3, 0.4) is 0 Å². The van der Waals surface area contributed by atoms with E-state index in [1.54, 1.807) is 12.1 Å². The summed E-state index contributed by atoms with van der Waals surface area (Å²) in [6.07, 6.45) is 0. The molecule has 0 unspecified atom stereocenters. The van der Waals surface area contributed by atoms with Gasteiger partial charge in [-0.1, -0.05) is 34.5 Å². The maximum Gasteiger partial charge on any atom is 0.189 e. The molecule has 6 nitrogen and oxygen atoms in total. The molecule has 0 bridgehead atoms. The van der Waals surface area contributed by atoms with Crippen molar-refractivity contribution in [1.29, 1.82) is 0 Å². The van der Waals surface area contributed by atoms with Gasteiger partial charge in [-0.2, -0.15) is 0 Å². The van der Waals surface area contributed by atoms with Crippen LogP contribution in [0.5, 0.6) is 0 Å². The molecule has 0 spiro atoms. The second-order valence-electron chi connectivity index (χ2n) is 7.63. The molecule has 0 radical (unpaired) electrons. The Balaban J connectivity index is 1.36. The van der Waals surface area contributed by atoms with Gasteiger partial charge in [-0.25, -0.2) is 9.97 Å². The predicted molar refractivity (Wildman–Crippen MR) is 145 cm³/mol. The number of benzene rings is 2. The molecule has 0 saturated heterocycles. The van der Waals surface area contributed by atoms with Gasteiger partial charge >= 0.3 is 0 Å². The van der Waals surface area contributed by atoms with Crippen LogP contribution in [0.1, 0.15) is 0 Å². The Morgan fingerprint density at radius 3 is 2.47 bits per heavy atom. The SMILES string of the molecule is CN(C)c1ccc(Nc2nc(N)c(-c3nc(-c4ccc(-c5ccc(Cl)cc5Cl)o4)cs3)s2)cc1. The summed E-state index contributed by atoms with van der Waals surface area (Å²) in [5.41, 5.74) is 9.77. The molecule has 0 saturated carbocycles. The molecule has 10 heteroatoms. The topological polar surface area (TPSA) is 80.2 Å². The first-order valence-electron chi connectivity index (χ1n) is 10.2. The number of halogens is 2. The van der Waals surface area contributed by atoms with E-state index in [4.69, 9.17) is 38.3 Å². The molecule has 3 aromatic heterocycles. The Kier molecular flexibility index (Phi) is 6.22. The van der Waals surface area contributed by atoms with Gasteiger partial charge < -0.3 is 20.4 Å². The van der Waals surface area contributed by atoms with E-state index in [1.165, 1.54) is 22.7 Å². The van der Waals surface area contributed by atoms with Crippen molar-refractivity contribution in [3.8, 4) is 32.7 Å². The van der Waals surface area contributed by atoms with Crippen LogP contribution >= 0.6 is 45.9 Å². The highest BCUT2D eigenvalue weighted by molar-refractivity contribution is 7.23. The quantitative estimate of drug-likeness (QED) is 0.233. The van der Waals surface area contributed by atoms with Crippen molar-refractivity contribution in [2.45, 2.75) is 0 Å². The summed E-state index contributed by atoms with van der Waals surface area (Å²) < 4.78 is 6.02. The third-order valence-corrected chi connectivity index (χ3v) is 7.57. The van der Waals surface area contributed by atoms with Gasteiger partial charge in [0.25, 0.3) is 0 Å². The highest BCUT2D eigenvalue weighted by atomic mass is 35.5. The average molecular weight is 528 g/mol.